The molecule has 1 aromatic rings. The molecule has 0 aliphatic carbocycles. The van der Waals surface area contributed by atoms with Gasteiger partial charge in [0.2, 0.25) is 0 Å². The predicted molar refractivity (Wildman–Crippen MR) is 55.6 cm³/mol. The van der Waals surface area contributed by atoms with E-state index in [9.17, 15) is 0 Å². The first-order valence-corrected chi connectivity index (χ1v) is 5.09. The molecule has 0 amide bonds. The van der Waals surface area contributed by atoms with Crippen molar-refractivity contribution in [1.29, 1.82) is 0 Å². The average molecular weight is 175 g/mol. The van der Waals surface area contributed by atoms with E-state index in [0.717, 1.165) is 6.04 Å². The van der Waals surface area contributed by atoms with Crippen LogP contribution in [0, 0.1) is 0 Å². The Labute approximate surface area is 80.4 Å². The summed E-state index contributed by atoms with van der Waals surface area (Å²) in [6.07, 6.45) is 1.36. The Morgan fingerprint density at radius 2 is 2.00 bits per heavy atom. The summed E-state index contributed by atoms with van der Waals surface area (Å²) in [5.41, 5.74) is 1.44. The fourth-order valence-electron chi connectivity index (χ4n) is 2.03. The summed E-state index contributed by atoms with van der Waals surface area (Å²) in [6, 6.07) is 12.1. The Bertz CT molecular complexity index is 268. The average Bonchev–Trinajstić information content (AvgIpc) is 2.17. The highest BCUT2D eigenvalue weighted by molar-refractivity contribution is 5.19. The van der Waals surface area contributed by atoms with E-state index in [4.69, 9.17) is 0 Å². The minimum absolute atomic E-state index is 0.588. The highest BCUT2D eigenvalue weighted by Crippen LogP contribution is 2.29. The van der Waals surface area contributed by atoms with E-state index in [2.05, 4.69) is 49.1 Å². The third kappa shape index (κ3) is 1.61. The van der Waals surface area contributed by atoms with Crippen molar-refractivity contribution in [3.8, 4) is 0 Å². The molecule has 0 bridgehead atoms. The SMILES string of the molecule is C[C@H](c1ccccc1)N1CC[C@@H]1C. The maximum atomic E-state index is 2.55. The number of rotatable bonds is 2. The lowest BCUT2D eigenvalue weighted by molar-refractivity contribution is 0.0605. The summed E-state index contributed by atoms with van der Waals surface area (Å²) in [5.74, 6) is 0. The number of hydrogen-bond acceptors (Lipinski definition) is 1. The van der Waals surface area contributed by atoms with Crippen molar-refractivity contribution in [1.82, 2.24) is 4.90 Å². The standard InChI is InChI=1S/C12H17N/c1-10-8-9-13(10)11(2)12-6-4-3-5-7-12/h3-7,10-11H,8-9H2,1-2H3/t10-,11+/m0/s1. The summed E-state index contributed by atoms with van der Waals surface area (Å²) < 4.78 is 0. The number of nitrogens with zero attached hydrogens (tertiary/aromatic N) is 1. The lowest BCUT2D eigenvalue weighted by Crippen LogP contribution is -2.46. The molecule has 0 radical (unpaired) electrons. The van der Waals surface area contributed by atoms with Crippen molar-refractivity contribution in [2.24, 2.45) is 0 Å². The van der Waals surface area contributed by atoms with Crippen LogP contribution in [-0.4, -0.2) is 17.5 Å². The van der Waals surface area contributed by atoms with Gasteiger partial charge in [0, 0.05) is 18.6 Å². The largest absolute Gasteiger partial charge is 0.294 e. The normalized spacial score (nSPS) is 25.2. The molecule has 2 rings (SSSR count). The van der Waals surface area contributed by atoms with E-state index in [1.807, 2.05) is 0 Å². The number of likely N-dealkylation sites (tertiary alicyclic amines) is 1. The molecule has 1 saturated heterocycles. The van der Waals surface area contributed by atoms with Crippen LogP contribution >= 0.6 is 0 Å². The smallest absolute Gasteiger partial charge is 0.0322 e. The first kappa shape index (κ1) is 8.76. The van der Waals surface area contributed by atoms with E-state index in [1.165, 1.54) is 18.5 Å². The first-order valence-electron chi connectivity index (χ1n) is 5.09. The van der Waals surface area contributed by atoms with Gasteiger partial charge in [-0.3, -0.25) is 4.90 Å². The highest BCUT2D eigenvalue weighted by Gasteiger charge is 2.28. The molecule has 0 saturated carbocycles. The van der Waals surface area contributed by atoms with Crippen molar-refractivity contribution in [3.63, 3.8) is 0 Å². The van der Waals surface area contributed by atoms with E-state index in [1.54, 1.807) is 0 Å². The molecular weight excluding hydrogens is 158 g/mol. The molecule has 2 atom stereocenters. The van der Waals surface area contributed by atoms with Gasteiger partial charge in [-0.05, 0) is 25.8 Å². The van der Waals surface area contributed by atoms with Crippen LogP contribution in [0.25, 0.3) is 0 Å². The predicted octanol–water partition coefficient (Wildman–Crippen LogP) is 2.84. The molecule has 0 N–H and O–H groups in total. The lowest BCUT2D eigenvalue weighted by atomic mass is 9.98. The molecule has 0 unspecified atom stereocenters. The van der Waals surface area contributed by atoms with Crippen LogP contribution in [0.2, 0.25) is 0 Å². The van der Waals surface area contributed by atoms with Gasteiger partial charge in [0.05, 0.1) is 0 Å². The third-order valence-electron chi connectivity index (χ3n) is 3.15. The van der Waals surface area contributed by atoms with Crippen LogP contribution in [0.15, 0.2) is 30.3 Å². The second kappa shape index (κ2) is 3.51. The van der Waals surface area contributed by atoms with Crippen molar-refractivity contribution < 1.29 is 0 Å². The molecule has 1 aliphatic rings. The molecule has 0 spiro atoms. The fraction of sp³-hybridized carbons (Fsp3) is 0.500. The van der Waals surface area contributed by atoms with Crippen molar-refractivity contribution in [2.45, 2.75) is 32.4 Å². The molecule has 1 heterocycles. The van der Waals surface area contributed by atoms with E-state index in [-0.39, 0.29) is 0 Å². The van der Waals surface area contributed by atoms with Crippen LogP contribution in [0.5, 0.6) is 0 Å². The van der Waals surface area contributed by atoms with Gasteiger partial charge < -0.3 is 0 Å². The van der Waals surface area contributed by atoms with Gasteiger partial charge in [-0.1, -0.05) is 30.3 Å². The molecule has 1 nitrogen and oxygen atoms in total. The van der Waals surface area contributed by atoms with E-state index in [0.29, 0.717) is 6.04 Å². The van der Waals surface area contributed by atoms with Crippen LogP contribution < -0.4 is 0 Å². The van der Waals surface area contributed by atoms with Crippen LogP contribution in [-0.2, 0) is 0 Å². The van der Waals surface area contributed by atoms with Crippen molar-refractivity contribution in [3.05, 3.63) is 35.9 Å². The zero-order valence-electron chi connectivity index (χ0n) is 8.40. The second-order valence-electron chi connectivity index (χ2n) is 3.96. The highest BCUT2D eigenvalue weighted by atomic mass is 15.2. The Morgan fingerprint density at radius 1 is 1.31 bits per heavy atom. The summed E-state index contributed by atoms with van der Waals surface area (Å²) in [5, 5.41) is 0. The summed E-state index contributed by atoms with van der Waals surface area (Å²) in [7, 11) is 0. The van der Waals surface area contributed by atoms with Crippen molar-refractivity contribution in [2.75, 3.05) is 6.54 Å². The molecule has 1 aromatic carbocycles. The zero-order chi connectivity index (χ0) is 9.26. The Hall–Kier alpha value is -0.820. The topological polar surface area (TPSA) is 3.24 Å². The van der Waals surface area contributed by atoms with Gasteiger partial charge in [0.15, 0.2) is 0 Å². The van der Waals surface area contributed by atoms with Crippen LogP contribution in [0.3, 0.4) is 0 Å². The number of hydrogen-bond donors (Lipinski definition) is 0. The van der Waals surface area contributed by atoms with Gasteiger partial charge in [0.25, 0.3) is 0 Å². The maximum absolute atomic E-state index is 2.55. The Kier molecular flexibility index (Phi) is 2.36. The monoisotopic (exact) mass is 175 g/mol. The van der Waals surface area contributed by atoms with Gasteiger partial charge in [-0.25, -0.2) is 0 Å². The molecular formula is C12H17N. The molecule has 70 valence electrons. The minimum atomic E-state index is 0.588. The summed E-state index contributed by atoms with van der Waals surface area (Å²) >= 11 is 0. The molecule has 1 heteroatoms. The van der Waals surface area contributed by atoms with Crippen LogP contribution in [0.4, 0.5) is 0 Å². The van der Waals surface area contributed by atoms with Gasteiger partial charge in [-0.2, -0.15) is 0 Å². The molecule has 0 aromatic heterocycles. The summed E-state index contributed by atoms with van der Waals surface area (Å²) in [6.45, 7) is 5.87. The van der Waals surface area contributed by atoms with Gasteiger partial charge in [-0.15, -0.1) is 0 Å². The Balaban J connectivity index is 2.09. The maximum Gasteiger partial charge on any atom is 0.0322 e. The van der Waals surface area contributed by atoms with Crippen molar-refractivity contribution >= 4 is 0 Å². The third-order valence-corrected chi connectivity index (χ3v) is 3.15. The zero-order valence-corrected chi connectivity index (χ0v) is 8.40. The molecule has 1 fully saturated rings. The number of benzene rings is 1. The van der Waals surface area contributed by atoms with E-state index >= 15 is 0 Å². The quantitative estimate of drug-likeness (QED) is 0.668. The Morgan fingerprint density at radius 3 is 2.46 bits per heavy atom. The lowest BCUT2D eigenvalue weighted by Gasteiger charge is -2.43. The summed E-state index contributed by atoms with van der Waals surface area (Å²) in [4.78, 5) is 2.55. The van der Waals surface area contributed by atoms with Gasteiger partial charge in [0.1, 0.15) is 0 Å². The van der Waals surface area contributed by atoms with Gasteiger partial charge >= 0.3 is 0 Å². The first-order chi connectivity index (χ1) is 6.29. The minimum Gasteiger partial charge on any atom is -0.294 e. The molecule has 13 heavy (non-hydrogen) atoms. The second-order valence-corrected chi connectivity index (χ2v) is 3.96. The fourth-order valence-corrected chi connectivity index (χ4v) is 2.03. The van der Waals surface area contributed by atoms with E-state index < -0.39 is 0 Å². The molecule has 1 aliphatic heterocycles. The van der Waals surface area contributed by atoms with Crippen LogP contribution in [0.1, 0.15) is 31.9 Å².